The predicted molar refractivity (Wildman–Crippen MR) is 109 cm³/mol. The lowest BCUT2D eigenvalue weighted by atomic mass is 10.0. The average molecular weight is 380 g/mol. The predicted octanol–water partition coefficient (Wildman–Crippen LogP) is 3.70. The zero-order chi connectivity index (χ0) is 20.3. The number of anilines is 1. The van der Waals surface area contributed by atoms with Crippen LogP contribution in [0.3, 0.4) is 0 Å². The van der Waals surface area contributed by atoms with Gasteiger partial charge in [0.1, 0.15) is 11.3 Å². The molecule has 1 aromatic heterocycles. The Morgan fingerprint density at radius 3 is 2.43 bits per heavy atom. The number of rotatable bonds is 6. The number of likely N-dealkylation sites (N-methyl/N-ethyl adjacent to an activating group) is 1. The lowest BCUT2D eigenvalue weighted by Crippen LogP contribution is -2.27. The Balaban J connectivity index is 1.61. The summed E-state index contributed by atoms with van der Waals surface area (Å²) in [5, 5.41) is 3.84. The molecule has 0 aliphatic heterocycles. The van der Waals surface area contributed by atoms with Crippen LogP contribution < -0.4 is 10.1 Å². The maximum Gasteiger partial charge on any atom is 0.259 e. The van der Waals surface area contributed by atoms with E-state index in [4.69, 9.17) is 9.15 Å². The number of carbonyl (C=O) groups excluding carboxylic acids is 2. The summed E-state index contributed by atoms with van der Waals surface area (Å²) < 4.78 is 11.0. The van der Waals surface area contributed by atoms with Gasteiger partial charge in [-0.3, -0.25) is 9.59 Å². The number of hydrogen-bond acceptors (Lipinski definition) is 4. The maximum absolute atomic E-state index is 12.4. The molecule has 3 rings (SSSR count). The molecule has 0 fully saturated rings. The highest BCUT2D eigenvalue weighted by atomic mass is 16.5. The highest BCUT2D eigenvalue weighted by Gasteiger charge is 2.12. The van der Waals surface area contributed by atoms with Crippen molar-refractivity contribution < 1.29 is 18.7 Å². The van der Waals surface area contributed by atoms with Gasteiger partial charge in [-0.1, -0.05) is 0 Å². The third-order valence-electron chi connectivity index (χ3n) is 4.62. The summed E-state index contributed by atoms with van der Waals surface area (Å²) >= 11 is 0. The van der Waals surface area contributed by atoms with E-state index in [0.29, 0.717) is 11.4 Å². The zero-order valence-corrected chi connectivity index (χ0v) is 16.5. The minimum atomic E-state index is -0.127. The Labute approximate surface area is 164 Å². The van der Waals surface area contributed by atoms with E-state index < -0.39 is 0 Å². The largest absolute Gasteiger partial charge is 0.484 e. The highest BCUT2D eigenvalue weighted by Crippen LogP contribution is 2.25. The number of nitrogens with one attached hydrogen (secondary N) is 1. The lowest BCUT2D eigenvalue weighted by Gasteiger charge is -2.11. The van der Waals surface area contributed by atoms with Crippen molar-refractivity contribution in [2.45, 2.75) is 20.3 Å². The summed E-state index contributed by atoms with van der Waals surface area (Å²) in [7, 11) is 3.35. The number of fused-ring (bicyclic) bond motifs is 1. The fourth-order valence-electron chi connectivity index (χ4n) is 2.76. The third-order valence-corrected chi connectivity index (χ3v) is 4.62. The molecule has 0 atom stereocenters. The van der Waals surface area contributed by atoms with Gasteiger partial charge >= 0.3 is 0 Å². The standard InChI is InChI=1S/C22H24N2O4/c1-14-9-19-16(12-28-20(19)10-15(14)2)11-21(25)23-17-5-7-18(8-6-17)27-13-22(26)24(3)4/h5-10,12H,11,13H2,1-4H3,(H,23,25). The molecule has 0 bridgehead atoms. The highest BCUT2D eigenvalue weighted by molar-refractivity contribution is 5.95. The van der Waals surface area contributed by atoms with Crippen molar-refractivity contribution in [3.8, 4) is 5.75 Å². The molecule has 6 nitrogen and oxygen atoms in total. The Bertz CT molecular complexity index is 1000. The molecule has 0 unspecified atom stereocenters. The van der Waals surface area contributed by atoms with E-state index in [9.17, 15) is 9.59 Å². The third kappa shape index (κ3) is 4.52. The first-order chi connectivity index (χ1) is 13.3. The number of ether oxygens (including phenoxy) is 1. The molecule has 0 radical (unpaired) electrons. The molecule has 0 saturated carbocycles. The topological polar surface area (TPSA) is 71.8 Å². The van der Waals surface area contributed by atoms with Crippen LogP contribution in [-0.2, 0) is 16.0 Å². The molecule has 3 aromatic rings. The van der Waals surface area contributed by atoms with E-state index in [1.54, 1.807) is 44.6 Å². The second kappa shape index (κ2) is 8.17. The van der Waals surface area contributed by atoms with Crippen LogP contribution in [0.15, 0.2) is 47.1 Å². The van der Waals surface area contributed by atoms with Crippen LogP contribution in [0.5, 0.6) is 5.75 Å². The number of carbonyl (C=O) groups is 2. The second-order valence-corrected chi connectivity index (χ2v) is 7.02. The summed E-state index contributed by atoms with van der Waals surface area (Å²) in [5.41, 5.74) is 4.64. The quantitative estimate of drug-likeness (QED) is 0.708. The Morgan fingerprint density at radius 1 is 1.07 bits per heavy atom. The summed E-state index contributed by atoms with van der Waals surface area (Å²) in [6.07, 6.45) is 1.87. The van der Waals surface area contributed by atoms with Gasteiger partial charge in [-0.15, -0.1) is 0 Å². The Kier molecular flexibility index (Phi) is 5.68. The van der Waals surface area contributed by atoms with E-state index >= 15 is 0 Å². The van der Waals surface area contributed by atoms with E-state index in [2.05, 4.69) is 11.4 Å². The minimum Gasteiger partial charge on any atom is -0.484 e. The number of benzene rings is 2. The maximum atomic E-state index is 12.4. The van der Waals surface area contributed by atoms with Crippen molar-refractivity contribution in [3.05, 3.63) is 59.4 Å². The molecule has 28 heavy (non-hydrogen) atoms. The van der Waals surface area contributed by atoms with Gasteiger partial charge in [-0.25, -0.2) is 0 Å². The number of furan rings is 1. The minimum absolute atomic E-state index is 0.0227. The van der Waals surface area contributed by atoms with Crippen LogP contribution in [-0.4, -0.2) is 37.4 Å². The molecule has 0 aliphatic rings. The van der Waals surface area contributed by atoms with Crippen molar-refractivity contribution in [2.75, 3.05) is 26.0 Å². The van der Waals surface area contributed by atoms with Gasteiger partial charge < -0.3 is 19.4 Å². The van der Waals surface area contributed by atoms with Crippen molar-refractivity contribution in [2.24, 2.45) is 0 Å². The molecule has 0 spiro atoms. The van der Waals surface area contributed by atoms with Gasteiger partial charge in [-0.2, -0.15) is 0 Å². The molecule has 2 amide bonds. The fraction of sp³-hybridized carbons (Fsp3) is 0.273. The van der Waals surface area contributed by atoms with Crippen LogP contribution in [0, 0.1) is 13.8 Å². The first-order valence-electron chi connectivity index (χ1n) is 9.03. The second-order valence-electron chi connectivity index (χ2n) is 7.02. The Hall–Kier alpha value is -3.28. The van der Waals surface area contributed by atoms with Crippen LogP contribution in [0.2, 0.25) is 0 Å². The number of amides is 2. The SMILES string of the molecule is Cc1cc2occ(CC(=O)Nc3ccc(OCC(=O)N(C)C)cc3)c2cc1C. The number of hydrogen-bond donors (Lipinski definition) is 1. The molecule has 1 N–H and O–H groups in total. The molecular weight excluding hydrogens is 356 g/mol. The van der Waals surface area contributed by atoms with Gasteiger partial charge in [0.05, 0.1) is 12.7 Å². The van der Waals surface area contributed by atoms with Crippen LogP contribution in [0.25, 0.3) is 11.0 Å². The van der Waals surface area contributed by atoms with Crippen molar-refractivity contribution >= 4 is 28.5 Å². The summed E-state index contributed by atoms with van der Waals surface area (Å²) in [6, 6.07) is 11.0. The number of aryl methyl sites for hydroxylation is 2. The summed E-state index contributed by atoms with van der Waals surface area (Å²) in [6.45, 7) is 4.06. The Morgan fingerprint density at radius 2 is 1.75 bits per heavy atom. The fourth-order valence-corrected chi connectivity index (χ4v) is 2.76. The molecular formula is C22H24N2O4. The van der Waals surface area contributed by atoms with Gasteiger partial charge in [0.2, 0.25) is 5.91 Å². The van der Waals surface area contributed by atoms with Crippen molar-refractivity contribution in [1.82, 2.24) is 4.90 Å². The molecule has 0 aliphatic carbocycles. The van der Waals surface area contributed by atoms with Crippen LogP contribution >= 0.6 is 0 Å². The van der Waals surface area contributed by atoms with E-state index in [1.807, 2.05) is 19.9 Å². The normalized spacial score (nSPS) is 10.7. The van der Waals surface area contributed by atoms with Gasteiger partial charge in [0, 0.05) is 30.7 Å². The van der Waals surface area contributed by atoms with E-state index in [1.165, 1.54) is 10.5 Å². The average Bonchev–Trinajstić information content (AvgIpc) is 3.02. The molecule has 6 heteroatoms. The van der Waals surface area contributed by atoms with Gasteiger partial charge in [0.15, 0.2) is 6.61 Å². The van der Waals surface area contributed by atoms with Crippen molar-refractivity contribution in [1.29, 1.82) is 0 Å². The van der Waals surface area contributed by atoms with E-state index in [-0.39, 0.29) is 24.8 Å². The molecule has 0 saturated heterocycles. The van der Waals surface area contributed by atoms with E-state index in [0.717, 1.165) is 22.1 Å². The van der Waals surface area contributed by atoms with Crippen molar-refractivity contribution in [3.63, 3.8) is 0 Å². The molecule has 1 heterocycles. The van der Waals surface area contributed by atoms with Gasteiger partial charge in [0.25, 0.3) is 5.91 Å². The molecule has 2 aromatic carbocycles. The van der Waals surface area contributed by atoms with Crippen LogP contribution in [0.4, 0.5) is 5.69 Å². The smallest absolute Gasteiger partial charge is 0.259 e. The summed E-state index contributed by atoms with van der Waals surface area (Å²) in [5.74, 6) is 0.326. The van der Waals surface area contributed by atoms with Gasteiger partial charge in [-0.05, 0) is 61.4 Å². The summed E-state index contributed by atoms with van der Waals surface area (Å²) in [4.78, 5) is 25.4. The van der Waals surface area contributed by atoms with Crippen LogP contribution in [0.1, 0.15) is 16.7 Å². The first kappa shape index (κ1) is 19.5. The lowest BCUT2D eigenvalue weighted by molar-refractivity contribution is -0.130. The monoisotopic (exact) mass is 380 g/mol. The molecule has 146 valence electrons. The zero-order valence-electron chi connectivity index (χ0n) is 16.5. The first-order valence-corrected chi connectivity index (χ1v) is 9.03. The number of nitrogens with zero attached hydrogens (tertiary/aromatic N) is 1.